The van der Waals surface area contributed by atoms with Crippen molar-refractivity contribution < 1.29 is 14.4 Å². The van der Waals surface area contributed by atoms with Gasteiger partial charge in [0.05, 0.1) is 5.56 Å². The zero-order valence-corrected chi connectivity index (χ0v) is 19.9. The van der Waals surface area contributed by atoms with Gasteiger partial charge in [-0.15, -0.1) is 0 Å². The first-order valence-electron chi connectivity index (χ1n) is 12.6. The predicted octanol–water partition coefficient (Wildman–Crippen LogP) is 4.56. The number of carbonyl (C=O) groups is 3. The summed E-state index contributed by atoms with van der Waals surface area (Å²) in [6.07, 6.45) is 6.32. The van der Waals surface area contributed by atoms with Crippen LogP contribution in [0.5, 0.6) is 0 Å². The number of benzene rings is 3. The molecular weight excluding hydrogens is 452 g/mol. The molecule has 6 rings (SSSR count). The third-order valence-corrected chi connectivity index (χ3v) is 7.75. The van der Waals surface area contributed by atoms with Crippen LogP contribution >= 0.6 is 0 Å². The van der Waals surface area contributed by atoms with E-state index in [4.69, 9.17) is 0 Å². The Balaban J connectivity index is 1.23. The highest BCUT2D eigenvalue weighted by atomic mass is 16.2. The Hall–Kier alpha value is -4.13. The average Bonchev–Trinajstić information content (AvgIpc) is 3.53. The fraction of sp³-hybridized carbons (Fsp3) is 0.276. The molecule has 0 radical (unpaired) electrons. The van der Waals surface area contributed by atoms with Crippen molar-refractivity contribution in [1.29, 1.82) is 0 Å². The van der Waals surface area contributed by atoms with Crippen molar-refractivity contribution in [2.75, 3.05) is 0 Å². The van der Waals surface area contributed by atoms with Gasteiger partial charge in [0.2, 0.25) is 0 Å². The van der Waals surface area contributed by atoms with E-state index in [1.165, 1.54) is 0 Å². The Kier molecular flexibility index (Phi) is 5.68. The lowest BCUT2D eigenvalue weighted by atomic mass is 9.84. The second kappa shape index (κ2) is 9.15. The highest BCUT2D eigenvalue weighted by Gasteiger charge is 2.47. The fourth-order valence-electron chi connectivity index (χ4n) is 5.99. The SMILES string of the molecule is O=C(NNC(=O)[C@@H]1C[C@@H]2CCCC[C@@H]2N1C(=O)c1ccc2ccccc2c1)c1c[nH]c2ccccc12. The fourth-order valence-corrected chi connectivity index (χ4v) is 5.99. The first-order chi connectivity index (χ1) is 17.6. The molecule has 36 heavy (non-hydrogen) atoms. The molecule has 2 fully saturated rings. The van der Waals surface area contributed by atoms with Crippen molar-refractivity contribution >= 4 is 39.4 Å². The number of aromatic nitrogens is 1. The maximum Gasteiger partial charge on any atom is 0.271 e. The zero-order valence-electron chi connectivity index (χ0n) is 19.9. The summed E-state index contributed by atoms with van der Waals surface area (Å²) < 4.78 is 0. The topological polar surface area (TPSA) is 94.3 Å². The van der Waals surface area contributed by atoms with Gasteiger partial charge in [0, 0.05) is 28.7 Å². The molecule has 2 aliphatic rings. The number of rotatable bonds is 3. The largest absolute Gasteiger partial charge is 0.360 e. The van der Waals surface area contributed by atoms with Crippen LogP contribution in [0.25, 0.3) is 21.7 Å². The number of aromatic amines is 1. The summed E-state index contributed by atoms with van der Waals surface area (Å²) in [6, 6.07) is 20.5. The van der Waals surface area contributed by atoms with Crippen molar-refractivity contribution in [3.63, 3.8) is 0 Å². The third-order valence-electron chi connectivity index (χ3n) is 7.75. The molecule has 1 saturated heterocycles. The number of hydrogen-bond acceptors (Lipinski definition) is 3. The summed E-state index contributed by atoms with van der Waals surface area (Å²) in [5, 5.41) is 2.85. The highest BCUT2D eigenvalue weighted by Crippen LogP contribution is 2.40. The van der Waals surface area contributed by atoms with Crippen LogP contribution in [0.15, 0.2) is 72.9 Å². The molecule has 0 unspecified atom stereocenters. The summed E-state index contributed by atoms with van der Waals surface area (Å²) in [7, 11) is 0. The van der Waals surface area contributed by atoms with Crippen LogP contribution in [-0.4, -0.2) is 39.7 Å². The van der Waals surface area contributed by atoms with Crippen LogP contribution in [-0.2, 0) is 4.79 Å². The van der Waals surface area contributed by atoms with E-state index in [1.54, 1.807) is 11.1 Å². The standard InChI is InChI=1S/C29H28N4O3/c34-27(23-17-30-24-11-5-4-10-22(23)24)31-32-28(35)26-16-20-9-3-6-12-25(20)33(26)29(36)21-14-13-18-7-1-2-8-19(18)15-21/h1-2,4-5,7-8,10-11,13-15,17,20,25-26,30H,3,6,9,12,16H2,(H,31,34)(H,32,35)/t20-,25-,26-/m0/s1. The Morgan fingerprint density at radius 1 is 0.861 bits per heavy atom. The minimum absolute atomic E-state index is 0.0396. The highest BCUT2D eigenvalue weighted by molar-refractivity contribution is 6.07. The summed E-state index contributed by atoms with van der Waals surface area (Å²) in [6.45, 7) is 0. The second-order valence-electron chi connectivity index (χ2n) is 9.83. The predicted molar refractivity (Wildman–Crippen MR) is 138 cm³/mol. The maximum atomic E-state index is 13.8. The zero-order chi connectivity index (χ0) is 24.6. The molecule has 4 aromatic rings. The lowest BCUT2D eigenvalue weighted by Crippen LogP contribution is -2.53. The van der Waals surface area contributed by atoms with Crippen LogP contribution in [0, 0.1) is 5.92 Å². The van der Waals surface area contributed by atoms with Crippen LogP contribution < -0.4 is 10.9 Å². The smallest absolute Gasteiger partial charge is 0.271 e. The van der Waals surface area contributed by atoms with Gasteiger partial charge < -0.3 is 9.88 Å². The number of nitrogens with one attached hydrogen (secondary N) is 3. The van der Waals surface area contributed by atoms with Crippen molar-refractivity contribution in [3.8, 4) is 0 Å². The summed E-state index contributed by atoms with van der Waals surface area (Å²) in [5.74, 6) is -0.586. The van der Waals surface area contributed by atoms with Gasteiger partial charge in [-0.1, -0.05) is 61.4 Å². The molecule has 1 aliphatic heterocycles. The number of H-pyrrole nitrogens is 1. The van der Waals surface area contributed by atoms with Gasteiger partial charge in [-0.05, 0) is 54.2 Å². The number of fused-ring (bicyclic) bond motifs is 3. The van der Waals surface area contributed by atoms with E-state index in [2.05, 4.69) is 15.8 Å². The van der Waals surface area contributed by atoms with Crippen LogP contribution in [0.1, 0.15) is 52.8 Å². The molecule has 3 N–H and O–H groups in total. The molecule has 182 valence electrons. The van der Waals surface area contributed by atoms with Crippen LogP contribution in [0.3, 0.4) is 0 Å². The minimum atomic E-state index is -0.625. The number of carbonyl (C=O) groups excluding carboxylic acids is 3. The minimum Gasteiger partial charge on any atom is -0.360 e. The van der Waals surface area contributed by atoms with Gasteiger partial charge in [-0.2, -0.15) is 0 Å². The molecule has 0 bridgehead atoms. The summed E-state index contributed by atoms with van der Waals surface area (Å²) >= 11 is 0. The average molecular weight is 481 g/mol. The van der Waals surface area contributed by atoms with Gasteiger partial charge >= 0.3 is 0 Å². The Bertz CT molecular complexity index is 1480. The lowest BCUT2D eigenvalue weighted by molar-refractivity contribution is -0.126. The van der Waals surface area contributed by atoms with Crippen LogP contribution in [0.2, 0.25) is 0 Å². The first-order valence-corrected chi connectivity index (χ1v) is 12.6. The van der Waals surface area contributed by atoms with Gasteiger partial charge in [-0.25, -0.2) is 0 Å². The lowest BCUT2D eigenvalue weighted by Gasteiger charge is -2.33. The number of hydrogen-bond donors (Lipinski definition) is 3. The Morgan fingerprint density at radius 2 is 1.64 bits per heavy atom. The number of para-hydroxylation sites is 1. The number of hydrazine groups is 1. The number of likely N-dealkylation sites (tertiary alicyclic amines) is 1. The third kappa shape index (κ3) is 3.90. The van der Waals surface area contributed by atoms with Crippen LogP contribution in [0.4, 0.5) is 0 Å². The molecule has 3 amide bonds. The molecular formula is C29H28N4O3. The quantitative estimate of drug-likeness (QED) is 0.375. The van der Waals surface area contributed by atoms with E-state index in [9.17, 15) is 14.4 Å². The molecule has 3 aromatic carbocycles. The monoisotopic (exact) mass is 480 g/mol. The molecule has 7 heteroatoms. The molecule has 1 saturated carbocycles. The van der Waals surface area contributed by atoms with Gasteiger partial charge in [0.1, 0.15) is 6.04 Å². The second-order valence-corrected chi connectivity index (χ2v) is 9.83. The molecule has 0 spiro atoms. The van der Waals surface area contributed by atoms with Gasteiger partial charge in [-0.3, -0.25) is 25.2 Å². The Morgan fingerprint density at radius 3 is 2.53 bits per heavy atom. The normalized spacial score (nSPS) is 21.3. The maximum absolute atomic E-state index is 13.8. The first kappa shape index (κ1) is 22.3. The van der Waals surface area contributed by atoms with E-state index in [0.29, 0.717) is 23.5 Å². The van der Waals surface area contributed by atoms with Gasteiger partial charge in [0.15, 0.2) is 0 Å². The molecule has 2 heterocycles. The van der Waals surface area contributed by atoms with E-state index in [-0.39, 0.29) is 17.9 Å². The van der Waals surface area contributed by atoms with Crippen molar-refractivity contribution in [1.82, 2.24) is 20.7 Å². The Labute approximate surface area is 208 Å². The number of amides is 3. The van der Waals surface area contributed by atoms with Crippen molar-refractivity contribution in [2.24, 2.45) is 5.92 Å². The van der Waals surface area contributed by atoms with Crippen molar-refractivity contribution in [2.45, 2.75) is 44.2 Å². The van der Waals surface area contributed by atoms with E-state index in [0.717, 1.165) is 47.4 Å². The van der Waals surface area contributed by atoms with E-state index >= 15 is 0 Å². The molecule has 1 aromatic heterocycles. The molecule has 3 atom stereocenters. The molecule has 1 aliphatic carbocycles. The van der Waals surface area contributed by atoms with Crippen molar-refractivity contribution in [3.05, 3.63) is 84.1 Å². The number of nitrogens with zero attached hydrogens (tertiary/aromatic N) is 1. The van der Waals surface area contributed by atoms with E-state index in [1.807, 2.05) is 66.7 Å². The molecule has 7 nitrogen and oxygen atoms in total. The summed E-state index contributed by atoms with van der Waals surface area (Å²) in [4.78, 5) is 44.8. The summed E-state index contributed by atoms with van der Waals surface area (Å²) in [5.41, 5.74) is 7.05. The van der Waals surface area contributed by atoms with Gasteiger partial charge in [0.25, 0.3) is 17.7 Å². The van der Waals surface area contributed by atoms with E-state index < -0.39 is 11.9 Å².